The van der Waals surface area contributed by atoms with Crippen LogP contribution in [0, 0.1) is 11.2 Å². The standard InChI is InChI=1S/C13H18ClFO/c1-13(2,3)8-11(16)7-9-6-10(15)4-5-12(9)14/h4-6,11,16H,7-8H2,1-3H3. The minimum absolute atomic E-state index is 0.0548. The molecule has 0 aliphatic heterocycles. The van der Waals surface area contributed by atoms with Crippen LogP contribution >= 0.6 is 11.6 Å². The average Bonchev–Trinajstić information content (AvgIpc) is 2.08. The Hall–Kier alpha value is -0.600. The molecule has 0 aromatic heterocycles. The van der Waals surface area contributed by atoms with Gasteiger partial charge in [0.2, 0.25) is 0 Å². The molecule has 0 bridgehead atoms. The third kappa shape index (κ3) is 4.50. The van der Waals surface area contributed by atoms with Crippen LogP contribution in [0.25, 0.3) is 0 Å². The van der Waals surface area contributed by atoms with Gasteiger partial charge in [-0.25, -0.2) is 4.39 Å². The summed E-state index contributed by atoms with van der Waals surface area (Å²) in [6.07, 6.45) is 0.576. The van der Waals surface area contributed by atoms with Gasteiger partial charge in [0.15, 0.2) is 0 Å². The first-order chi connectivity index (χ1) is 7.28. The zero-order valence-electron chi connectivity index (χ0n) is 9.93. The monoisotopic (exact) mass is 244 g/mol. The zero-order valence-corrected chi connectivity index (χ0v) is 10.7. The average molecular weight is 245 g/mol. The Morgan fingerprint density at radius 1 is 1.38 bits per heavy atom. The summed E-state index contributed by atoms with van der Waals surface area (Å²) in [6, 6.07) is 4.23. The molecule has 16 heavy (non-hydrogen) atoms. The maximum absolute atomic E-state index is 13.0. The molecule has 1 nitrogen and oxygen atoms in total. The smallest absolute Gasteiger partial charge is 0.123 e. The highest BCUT2D eigenvalue weighted by Gasteiger charge is 2.18. The predicted molar refractivity (Wildman–Crippen MR) is 65.2 cm³/mol. The molecular formula is C13H18ClFO. The first kappa shape index (κ1) is 13.5. The van der Waals surface area contributed by atoms with E-state index in [2.05, 4.69) is 20.8 Å². The molecule has 3 heteroatoms. The summed E-state index contributed by atoms with van der Waals surface area (Å²) >= 11 is 5.93. The molecule has 1 aromatic rings. The van der Waals surface area contributed by atoms with E-state index in [9.17, 15) is 9.50 Å². The minimum atomic E-state index is -0.487. The lowest BCUT2D eigenvalue weighted by atomic mass is 9.87. The predicted octanol–water partition coefficient (Wildman–Crippen LogP) is 3.82. The van der Waals surface area contributed by atoms with E-state index in [1.807, 2.05) is 0 Å². The molecule has 0 saturated carbocycles. The van der Waals surface area contributed by atoms with Gasteiger partial charge in [-0.1, -0.05) is 32.4 Å². The largest absolute Gasteiger partial charge is 0.393 e. The van der Waals surface area contributed by atoms with Gasteiger partial charge in [-0.05, 0) is 42.0 Å². The van der Waals surface area contributed by atoms with Crippen molar-refractivity contribution in [1.29, 1.82) is 0 Å². The summed E-state index contributed by atoms with van der Waals surface area (Å²) < 4.78 is 13.0. The number of halogens is 2. The summed E-state index contributed by atoms with van der Waals surface area (Å²) in [5.74, 6) is -0.317. The second kappa shape index (κ2) is 5.15. The molecule has 90 valence electrons. The van der Waals surface area contributed by atoms with Crippen LogP contribution in [-0.4, -0.2) is 11.2 Å². The van der Waals surface area contributed by atoms with E-state index < -0.39 is 6.10 Å². The van der Waals surface area contributed by atoms with E-state index >= 15 is 0 Å². The van der Waals surface area contributed by atoms with Crippen LogP contribution in [0.15, 0.2) is 18.2 Å². The van der Waals surface area contributed by atoms with Gasteiger partial charge in [0, 0.05) is 5.02 Å². The third-order valence-corrected chi connectivity index (χ3v) is 2.68. The van der Waals surface area contributed by atoms with E-state index in [1.54, 1.807) is 0 Å². The van der Waals surface area contributed by atoms with Gasteiger partial charge in [0.25, 0.3) is 0 Å². The maximum atomic E-state index is 13.0. The molecular weight excluding hydrogens is 227 g/mol. The number of hydrogen-bond donors (Lipinski definition) is 1. The van der Waals surface area contributed by atoms with Crippen LogP contribution in [0.1, 0.15) is 32.8 Å². The van der Waals surface area contributed by atoms with E-state index in [4.69, 9.17) is 11.6 Å². The summed E-state index contributed by atoms with van der Waals surface area (Å²) in [5, 5.41) is 10.4. The molecule has 0 heterocycles. The lowest BCUT2D eigenvalue weighted by molar-refractivity contribution is 0.121. The van der Waals surface area contributed by atoms with Gasteiger partial charge in [-0.2, -0.15) is 0 Å². The molecule has 1 unspecified atom stereocenters. The van der Waals surface area contributed by atoms with Gasteiger partial charge < -0.3 is 5.11 Å². The number of aliphatic hydroxyl groups excluding tert-OH is 1. The summed E-state index contributed by atoms with van der Waals surface area (Å²) in [6.45, 7) is 6.18. The molecule has 0 radical (unpaired) electrons. The molecule has 0 spiro atoms. The van der Waals surface area contributed by atoms with Gasteiger partial charge in [-0.3, -0.25) is 0 Å². The molecule has 0 fully saturated rings. The van der Waals surface area contributed by atoms with Crippen LogP contribution in [0.2, 0.25) is 5.02 Å². The van der Waals surface area contributed by atoms with Crippen molar-refractivity contribution in [1.82, 2.24) is 0 Å². The summed E-state index contributed by atoms with van der Waals surface area (Å²) in [5.41, 5.74) is 0.720. The number of hydrogen-bond acceptors (Lipinski definition) is 1. The van der Waals surface area contributed by atoms with E-state index in [1.165, 1.54) is 18.2 Å². The molecule has 0 aliphatic carbocycles. The van der Waals surface area contributed by atoms with Crippen molar-refractivity contribution < 1.29 is 9.50 Å². The van der Waals surface area contributed by atoms with Crippen molar-refractivity contribution in [2.75, 3.05) is 0 Å². The Labute approximate surface area is 101 Å². The first-order valence-electron chi connectivity index (χ1n) is 5.40. The molecule has 1 atom stereocenters. The number of rotatable bonds is 3. The highest BCUT2D eigenvalue weighted by atomic mass is 35.5. The van der Waals surface area contributed by atoms with E-state index in [0.29, 0.717) is 23.4 Å². The van der Waals surface area contributed by atoms with Crippen LogP contribution in [0.4, 0.5) is 4.39 Å². The Kier molecular flexibility index (Phi) is 4.34. The molecule has 1 aromatic carbocycles. The van der Waals surface area contributed by atoms with Crippen molar-refractivity contribution >= 4 is 11.6 Å². The molecule has 0 aliphatic rings. The van der Waals surface area contributed by atoms with Crippen molar-refractivity contribution in [3.63, 3.8) is 0 Å². The van der Waals surface area contributed by atoms with Crippen LogP contribution in [-0.2, 0) is 6.42 Å². The van der Waals surface area contributed by atoms with Gasteiger partial charge in [0.1, 0.15) is 5.82 Å². The minimum Gasteiger partial charge on any atom is -0.393 e. The fourth-order valence-corrected chi connectivity index (χ4v) is 1.93. The molecule has 0 saturated heterocycles. The fraction of sp³-hybridized carbons (Fsp3) is 0.538. The quantitative estimate of drug-likeness (QED) is 0.857. The first-order valence-corrected chi connectivity index (χ1v) is 5.78. The number of benzene rings is 1. The summed E-state index contributed by atoms with van der Waals surface area (Å²) in [7, 11) is 0. The lowest BCUT2D eigenvalue weighted by Crippen LogP contribution is -2.19. The highest BCUT2D eigenvalue weighted by molar-refractivity contribution is 6.31. The van der Waals surface area contributed by atoms with Crippen LogP contribution in [0.3, 0.4) is 0 Å². The Balaban J connectivity index is 2.69. The van der Waals surface area contributed by atoms with Crippen molar-refractivity contribution in [2.45, 2.75) is 39.7 Å². The SMILES string of the molecule is CC(C)(C)CC(O)Cc1cc(F)ccc1Cl. The third-order valence-electron chi connectivity index (χ3n) is 2.31. The highest BCUT2D eigenvalue weighted by Crippen LogP contribution is 2.25. The van der Waals surface area contributed by atoms with Crippen LogP contribution in [0.5, 0.6) is 0 Å². The Bertz CT molecular complexity index is 357. The fourth-order valence-electron chi connectivity index (χ4n) is 1.73. The second-order valence-electron chi connectivity index (χ2n) is 5.36. The maximum Gasteiger partial charge on any atom is 0.123 e. The van der Waals surface area contributed by atoms with Gasteiger partial charge in [0.05, 0.1) is 6.10 Å². The Morgan fingerprint density at radius 2 is 2.00 bits per heavy atom. The second-order valence-corrected chi connectivity index (χ2v) is 5.77. The Morgan fingerprint density at radius 3 is 2.56 bits per heavy atom. The summed E-state index contributed by atoms with van der Waals surface area (Å²) in [4.78, 5) is 0. The van der Waals surface area contributed by atoms with Gasteiger partial charge in [-0.15, -0.1) is 0 Å². The lowest BCUT2D eigenvalue weighted by Gasteiger charge is -2.22. The van der Waals surface area contributed by atoms with Crippen molar-refractivity contribution in [3.8, 4) is 0 Å². The van der Waals surface area contributed by atoms with Crippen molar-refractivity contribution in [2.24, 2.45) is 5.41 Å². The van der Waals surface area contributed by atoms with Crippen molar-refractivity contribution in [3.05, 3.63) is 34.6 Å². The van der Waals surface area contributed by atoms with Gasteiger partial charge >= 0.3 is 0 Å². The van der Waals surface area contributed by atoms with E-state index in [0.717, 1.165) is 0 Å². The molecule has 1 N–H and O–H groups in total. The normalized spacial score (nSPS) is 13.9. The number of aliphatic hydroxyl groups is 1. The zero-order chi connectivity index (χ0) is 12.3. The van der Waals surface area contributed by atoms with Crippen LogP contribution < -0.4 is 0 Å². The molecule has 1 rings (SSSR count). The topological polar surface area (TPSA) is 20.2 Å². The van der Waals surface area contributed by atoms with E-state index in [-0.39, 0.29) is 11.2 Å². The molecule has 0 amide bonds.